The molecule has 160 valence electrons. The lowest BCUT2D eigenvalue weighted by atomic mass is 10.1. The van der Waals surface area contributed by atoms with Crippen LogP contribution in [0.5, 0.6) is 0 Å². The molecule has 1 fully saturated rings. The summed E-state index contributed by atoms with van der Waals surface area (Å²) in [5.74, 6) is -0.516. The van der Waals surface area contributed by atoms with Crippen LogP contribution >= 0.6 is 11.6 Å². The number of likely N-dealkylation sites (tertiary alicyclic amines) is 1. The van der Waals surface area contributed by atoms with Gasteiger partial charge in [-0.15, -0.1) is 0 Å². The summed E-state index contributed by atoms with van der Waals surface area (Å²) in [4.78, 5) is 14.9. The molecule has 1 saturated heterocycles. The highest BCUT2D eigenvalue weighted by Crippen LogP contribution is 2.27. The van der Waals surface area contributed by atoms with Crippen molar-refractivity contribution in [2.75, 3.05) is 31.0 Å². The third-order valence-electron chi connectivity index (χ3n) is 4.96. The van der Waals surface area contributed by atoms with Gasteiger partial charge in [0.1, 0.15) is 6.54 Å². The molecule has 3 rings (SSSR count). The number of carbonyl (C=O) groups is 1. The van der Waals surface area contributed by atoms with E-state index in [-0.39, 0.29) is 4.90 Å². The molecule has 0 spiro atoms. The van der Waals surface area contributed by atoms with Gasteiger partial charge < -0.3 is 4.90 Å². The van der Waals surface area contributed by atoms with Gasteiger partial charge in [-0.2, -0.15) is 5.10 Å². The van der Waals surface area contributed by atoms with Gasteiger partial charge in [-0.25, -0.2) is 13.8 Å². The van der Waals surface area contributed by atoms with E-state index in [1.807, 2.05) is 14.0 Å². The zero-order valence-electron chi connectivity index (χ0n) is 17.0. The molecule has 1 amide bonds. The molecule has 0 atom stereocenters. The van der Waals surface area contributed by atoms with E-state index < -0.39 is 22.5 Å². The zero-order chi connectivity index (χ0) is 21.7. The number of rotatable bonds is 6. The summed E-state index contributed by atoms with van der Waals surface area (Å²) in [6.45, 7) is 3.18. The number of halogens is 1. The largest absolute Gasteiger partial charge is 0.306 e. The fourth-order valence-electron chi connectivity index (χ4n) is 3.07. The molecule has 0 unspecified atom stereocenters. The van der Waals surface area contributed by atoms with Crippen molar-refractivity contribution in [2.45, 2.75) is 24.7 Å². The first-order valence-corrected chi connectivity index (χ1v) is 11.5. The number of anilines is 1. The highest BCUT2D eigenvalue weighted by atomic mass is 35.5. The average Bonchev–Trinajstić information content (AvgIpc) is 2.74. The number of hydrazone groups is 1. The summed E-state index contributed by atoms with van der Waals surface area (Å²) < 4.78 is 27.6. The molecule has 0 aliphatic carbocycles. The van der Waals surface area contributed by atoms with Gasteiger partial charge >= 0.3 is 0 Å². The first-order valence-electron chi connectivity index (χ1n) is 9.64. The van der Waals surface area contributed by atoms with E-state index in [1.54, 1.807) is 36.4 Å². The number of nitrogens with one attached hydrogen (secondary N) is 1. The van der Waals surface area contributed by atoms with Crippen LogP contribution < -0.4 is 9.73 Å². The minimum Gasteiger partial charge on any atom is -0.306 e. The topological polar surface area (TPSA) is 82.1 Å². The lowest BCUT2D eigenvalue weighted by molar-refractivity contribution is -0.119. The van der Waals surface area contributed by atoms with Crippen LogP contribution in [0.1, 0.15) is 18.4 Å². The highest BCUT2D eigenvalue weighted by Gasteiger charge is 2.27. The molecule has 7 nitrogen and oxygen atoms in total. The third kappa shape index (κ3) is 5.38. The molecule has 0 radical (unpaired) electrons. The highest BCUT2D eigenvalue weighted by molar-refractivity contribution is 7.92. The van der Waals surface area contributed by atoms with Crippen LogP contribution in [0.4, 0.5) is 5.69 Å². The van der Waals surface area contributed by atoms with Crippen LogP contribution in [0.15, 0.2) is 58.5 Å². The molecular formula is C21H25ClN4O3S. The Morgan fingerprint density at radius 3 is 2.47 bits per heavy atom. The number of piperidine rings is 1. The van der Waals surface area contributed by atoms with Crippen LogP contribution in [0.2, 0.25) is 5.02 Å². The SMILES string of the molecule is Cc1ccc(N(CC(=O)NN=C2CCN(C)CC2)S(=O)(=O)c2ccccc2)cc1Cl. The van der Waals surface area contributed by atoms with Gasteiger partial charge in [0.15, 0.2) is 0 Å². The molecule has 0 bridgehead atoms. The summed E-state index contributed by atoms with van der Waals surface area (Å²) in [6, 6.07) is 12.9. The maximum Gasteiger partial charge on any atom is 0.264 e. The van der Waals surface area contributed by atoms with Crippen LogP contribution in [0.3, 0.4) is 0 Å². The number of benzene rings is 2. The number of nitrogens with zero attached hydrogens (tertiary/aromatic N) is 3. The van der Waals surface area contributed by atoms with E-state index >= 15 is 0 Å². The van der Waals surface area contributed by atoms with Gasteiger partial charge in [-0.05, 0) is 43.8 Å². The molecule has 0 saturated carbocycles. The monoisotopic (exact) mass is 448 g/mol. The lowest BCUT2D eigenvalue weighted by Gasteiger charge is -2.25. The first kappa shape index (κ1) is 22.3. The maximum atomic E-state index is 13.3. The van der Waals surface area contributed by atoms with Crippen molar-refractivity contribution < 1.29 is 13.2 Å². The number of hydrogen-bond acceptors (Lipinski definition) is 5. The number of hydrogen-bond donors (Lipinski definition) is 1. The Hall–Kier alpha value is -2.42. The smallest absolute Gasteiger partial charge is 0.264 e. The summed E-state index contributed by atoms with van der Waals surface area (Å²) >= 11 is 6.22. The van der Waals surface area contributed by atoms with Crippen molar-refractivity contribution in [3.63, 3.8) is 0 Å². The molecule has 1 heterocycles. The Balaban J connectivity index is 1.85. The Labute approximate surface area is 182 Å². The normalized spacial score (nSPS) is 15.0. The van der Waals surface area contributed by atoms with Gasteiger partial charge in [0, 0.05) is 36.7 Å². The molecule has 1 aliphatic heterocycles. The molecule has 1 aliphatic rings. The van der Waals surface area contributed by atoms with Crippen LogP contribution in [0, 0.1) is 6.92 Å². The van der Waals surface area contributed by atoms with Gasteiger partial charge in [-0.3, -0.25) is 9.10 Å². The van der Waals surface area contributed by atoms with Crippen LogP contribution in [0.25, 0.3) is 0 Å². The predicted molar refractivity (Wildman–Crippen MR) is 119 cm³/mol. The number of aryl methyl sites for hydroxylation is 1. The third-order valence-corrected chi connectivity index (χ3v) is 7.16. The Bertz CT molecular complexity index is 1030. The van der Waals surface area contributed by atoms with Crippen molar-refractivity contribution in [2.24, 2.45) is 5.10 Å². The molecule has 0 aromatic heterocycles. The standard InChI is InChI=1S/C21H25ClN4O3S/c1-16-8-9-18(14-20(16)22)26(30(28,29)19-6-4-3-5-7-19)15-21(27)24-23-17-10-12-25(2)13-11-17/h3-9,14H,10-13,15H2,1-2H3,(H,24,27). The Morgan fingerprint density at radius 2 is 1.83 bits per heavy atom. The summed E-state index contributed by atoms with van der Waals surface area (Å²) in [6.07, 6.45) is 1.55. The quantitative estimate of drug-likeness (QED) is 0.688. The van der Waals surface area contributed by atoms with Crippen LogP contribution in [-0.4, -0.2) is 51.6 Å². The maximum absolute atomic E-state index is 13.3. The second-order valence-corrected chi connectivity index (χ2v) is 9.54. The summed E-state index contributed by atoms with van der Waals surface area (Å²) in [5.41, 5.74) is 4.54. The molecule has 2 aromatic carbocycles. The second kappa shape index (κ2) is 9.59. The molecule has 2 aromatic rings. The number of sulfonamides is 1. The van der Waals surface area contributed by atoms with Crippen molar-refractivity contribution in [1.29, 1.82) is 0 Å². The average molecular weight is 449 g/mol. The first-order chi connectivity index (χ1) is 14.3. The predicted octanol–water partition coefficient (Wildman–Crippen LogP) is 3.04. The fourth-order valence-corrected chi connectivity index (χ4v) is 4.68. The van der Waals surface area contributed by atoms with E-state index in [9.17, 15) is 13.2 Å². The van der Waals surface area contributed by atoms with Crippen molar-refractivity contribution >= 4 is 38.9 Å². The van der Waals surface area contributed by atoms with E-state index in [0.717, 1.165) is 41.5 Å². The van der Waals surface area contributed by atoms with Crippen LogP contribution in [-0.2, 0) is 14.8 Å². The second-order valence-electron chi connectivity index (χ2n) is 7.27. The van der Waals surface area contributed by atoms with Gasteiger partial charge in [-0.1, -0.05) is 35.9 Å². The van der Waals surface area contributed by atoms with Gasteiger partial charge in [0.2, 0.25) is 0 Å². The molecule has 30 heavy (non-hydrogen) atoms. The Kier molecular flexibility index (Phi) is 7.12. The Morgan fingerprint density at radius 1 is 1.17 bits per heavy atom. The van der Waals surface area contributed by atoms with E-state index in [4.69, 9.17) is 11.6 Å². The zero-order valence-corrected chi connectivity index (χ0v) is 18.6. The summed E-state index contributed by atoms with van der Waals surface area (Å²) in [7, 11) is -1.93. The van der Waals surface area contributed by atoms with Gasteiger partial charge in [0.25, 0.3) is 15.9 Å². The minimum absolute atomic E-state index is 0.0936. The number of carbonyl (C=O) groups excluding carboxylic acids is 1. The van der Waals surface area contributed by atoms with E-state index in [2.05, 4.69) is 15.4 Å². The minimum atomic E-state index is -3.97. The molecular weight excluding hydrogens is 424 g/mol. The van der Waals surface area contributed by atoms with Crippen molar-refractivity contribution in [3.05, 3.63) is 59.1 Å². The van der Waals surface area contributed by atoms with Crippen molar-refractivity contribution in [3.8, 4) is 0 Å². The summed E-state index contributed by atoms with van der Waals surface area (Å²) in [5, 5.41) is 4.62. The molecule has 9 heteroatoms. The van der Waals surface area contributed by atoms with Gasteiger partial charge in [0.05, 0.1) is 10.6 Å². The fraction of sp³-hybridized carbons (Fsp3) is 0.333. The number of amides is 1. The lowest BCUT2D eigenvalue weighted by Crippen LogP contribution is -2.40. The van der Waals surface area contributed by atoms with E-state index in [1.165, 1.54) is 12.1 Å². The van der Waals surface area contributed by atoms with E-state index in [0.29, 0.717) is 10.7 Å². The molecule has 1 N–H and O–H groups in total. The van der Waals surface area contributed by atoms with Crippen molar-refractivity contribution in [1.82, 2.24) is 10.3 Å².